The molecule has 3 aliphatic rings. The van der Waals surface area contributed by atoms with Crippen molar-refractivity contribution in [1.29, 1.82) is 0 Å². The summed E-state index contributed by atoms with van der Waals surface area (Å²) in [6.07, 6.45) is 11.3. The molecule has 0 spiro atoms. The number of fused-ring (bicyclic) bond motifs is 6. The Labute approximate surface area is 391 Å². The van der Waals surface area contributed by atoms with Crippen molar-refractivity contribution in [2.45, 2.75) is 106 Å². The van der Waals surface area contributed by atoms with Crippen LogP contribution in [0.25, 0.3) is 21.5 Å². The maximum atomic E-state index is 13.9. The van der Waals surface area contributed by atoms with Crippen LogP contribution in [0.5, 0.6) is 0 Å². The molecule has 0 aromatic heterocycles. The molecule has 0 fully saturated rings. The largest absolute Gasteiger partial charge is 0.480 e. The monoisotopic (exact) mass is 974 g/mol. The van der Waals surface area contributed by atoms with Crippen molar-refractivity contribution in [3.63, 3.8) is 0 Å². The Hall–Kier alpha value is -5.50. The van der Waals surface area contributed by atoms with Crippen LogP contribution in [-0.2, 0) is 50.8 Å². The number of carbonyl (C=O) groups excluding carboxylic acids is 1. The van der Waals surface area contributed by atoms with E-state index < -0.39 is 68.3 Å². The standard InChI is InChI=1S/C49H55N3O12S3/c1-8-11-23-52-38-18-15-32-14-16-33(65(56,57)58)25-36(32)43(38)47(4,5)42(52)21-13-31-24-30(28-49(29-31,46(54)55)45(53)50-10-3)12-20-41-48(6,7)44-37-26-34(66(59,60)61)27-40(67(62,63)64)35(37)17-19-39(44)51(41)22-9-2/h12-21,24-27H,8-11,22-23,28-29H2,1-7H3,(H4-,50,53,54,55,56,57,58,59,60,61,62,63,64)/p+1. The minimum Gasteiger partial charge on any atom is -0.480 e. The summed E-state index contributed by atoms with van der Waals surface area (Å²) in [4.78, 5) is 27.9. The molecule has 1 unspecified atom stereocenters. The molecule has 7 rings (SSSR count). The van der Waals surface area contributed by atoms with Gasteiger partial charge in [-0.05, 0) is 115 Å². The number of benzene rings is 4. The number of anilines is 1. The first kappa shape index (κ1) is 49.4. The van der Waals surface area contributed by atoms with Crippen molar-refractivity contribution < 1.29 is 58.2 Å². The predicted molar refractivity (Wildman–Crippen MR) is 257 cm³/mol. The van der Waals surface area contributed by atoms with Gasteiger partial charge in [0.25, 0.3) is 30.4 Å². The van der Waals surface area contributed by atoms with E-state index in [0.29, 0.717) is 53.0 Å². The highest BCUT2D eigenvalue weighted by molar-refractivity contribution is 7.87. The van der Waals surface area contributed by atoms with Gasteiger partial charge in [0.15, 0.2) is 11.1 Å². The van der Waals surface area contributed by atoms with Gasteiger partial charge in [0.2, 0.25) is 11.6 Å². The molecular weight excluding hydrogens is 919 g/mol. The lowest BCUT2D eigenvalue weighted by Crippen LogP contribution is -2.48. The maximum Gasteiger partial charge on any atom is 0.319 e. The first-order chi connectivity index (χ1) is 31.2. The number of carbonyl (C=O) groups is 2. The molecule has 0 bridgehead atoms. The van der Waals surface area contributed by atoms with Gasteiger partial charge in [0.05, 0.1) is 15.2 Å². The van der Waals surface area contributed by atoms with E-state index in [1.807, 2.05) is 75.6 Å². The smallest absolute Gasteiger partial charge is 0.319 e. The second-order valence-corrected chi connectivity index (χ2v) is 22.7. The van der Waals surface area contributed by atoms with Gasteiger partial charge in [-0.2, -0.15) is 29.8 Å². The molecular formula is C49H56N3O12S3+. The molecule has 0 radical (unpaired) electrons. The molecule has 67 heavy (non-hydrogen) atoms. The third kappa shape index (κ3) is 8.79. The van der Waals surface area contributed by atoms with Crippen molar-refractivity contribution >= 4 is 80.9 Å². The number of amides is 1. The van der Waals surface area contributed by atoms with Gasteiger partial charge in [-0.25, -0.2) is 0 Å². The number of carboxylic acid groups (broad SMARTS) is 1. The summed E-state index contributed by atoms with van der Waals surface area (Å²) in [5.74, 6) is -1.95. The normalized spacial score (nSPS) is 20.6. The zero-order valence-corrected chi connectivity index (χ0v) is 40.9. The average molecular weight is 975 g/mol. The van der Waals surface area contributed by atoms with Gasteiger partial charge in [-0.3, -0.25) is 23.2 Å². The Bertz CT molecular complexity index is 3290. The summed E-state index contributed by atoms with van der Waals surface area (Å²) in [6, 6.07) is 13.5. The Morgan fingerprint density at radius 3 is 2.03 bits per heavy atom. The van der Waals surface area contributed by atoms with Crippen LogP contribution >= 0.6 is 0 Å². The number of hydrogen-bond acceptors (Lipinski definition) is 9. The van der Waals surface area contributed by atoms with Gasteiger partial charge < -0.3 is 15.3 Å². The molecule has 5 N–H and O–H groups in total. The number of unbranched alkanes of at least 4 members (excludes halogenated alkanes) is 1. The highest BCUT2D eigenvalue weighted by Gasteiger charge is 2.50. The zero-order chi connectivity index (χ0) is 49.2. The van der Waals surface area contributed by atoms with Crippen molar-refractivity contribution in [3.8, 4) is 0 Å². The van der Waals surface area contributed by atoms with Crippen LogP contribution in [0.3, 0.4) is 0 Å². The number of aliphatic carboxylic acids is 1. The molecule has 356 valence electrons. The van der Waals surface area contributed by atoms with Gasteiger partial charge in [0.1, 0.15) is 11.4 Å². The van der Waals surface area contributed by atoms with E-state index in [-0.39, 0.29) is 35.1 Å². The summed E-state index contributed by atoms with van der Waals surface area (Å²) in [5, 5.41) is 15.3. The van der Waals surface area contributed by atoms with E-state index in [0.717, 1.165) is 41.2 Å². The van der Waals surface area contributed by atoms with Crippen molar-refractivity contribution in [2.24, 2.45) is 5.41 Å². The Morgan fingerprint density at radius 2 is 1.42 bits per heavy atom. The molecule has 1 atom stereocenters. The Balaban J connectivity index is 1.39. The lowest BCUT2D eigenvalue weighted by atomic mass is 9.71. The number of allylic oxidation sites excluding steroid dienone is 8. The minimum absolute atomic E-state index is 0.0494. The van der Waals surface area contributed by atoms with Crippen LogP contribution in [0.4, 0.5) is 11.4 Å². The number of nitrogens with zero attached hydrogens (tertiary/aromatic N) is 2. The van der Waals surface area contributed by atoms with E-state index in [1.165, 1.54) is 24.3 Å². The third-order valence-corrected chi connectivity index (χ3v) is 15.8. The van der Waals surface area contributed by atoms with E-state index in [2.05, 4.69) is 17.1 Å². The summed E-state index contributed by atoms with van der Waals surface area (Å²) >= 11 is 0. The molecule has 4 aromatic carbocycles. The lowest BCUT2D eigenvalue weighted by Gasteiger charge is -2.33. The van der Waals surface area contributed by atoms with Crippen molar-refractivity contribution in [3.05, 3.63) is 113 Å². The molecule has 15 nitrogen and oxygen atoms in total. The van der Waals surface area contributed by atoms with E-state index in [1.54, 1.807) is 25.1 Å². The van der Waals surface area contributed by atoms with E-state index >= 15 is 0 Å². The predicted octanol–water partition coefficient (Wildman–Crippen LogP) is 8.41. The summed E-state index contributed by atoms with van der Waals surface area (Å²) in [7, 11) is -14.4. The number of rotatable bonds is 14. The third-order valence-electron chi connectivity index (χ3n) is 13.2. The number of hydrogen-bond donors (Lipinski definition) is 5. The molecule has 1 aliphatic carbocycles. The summed E-state index contributed by atoms with van der Waals surface area (Å²) < 4.78 is 107. The van der Waals surface area contributed by atoms with Crippen LogP contribution < -0.4 is 10.2 Å². The second kappa shape index (κ2) is 17.5. The Morgan fingerprint density at radius 1 is 0.746 bits per heavy atom. The molecule has 2 aliphatic heterocycles. The summed E-state index contributed by atoms with van der Waals surface area (Å²) in [6.45, 7) is 14.8. The van der Waals surface area contributed by atoms with Crippen molar-refractivity contribution in [2.75, 3.05) is 24.5 Å². The van der Waals surface area contributed by atoms with Gasteiger partial charge in [-0.15, -0.1) is 0 Å². The highest BCUT2D eigenvalue weighted by atomic mass is 32.2. The van der Waals surface area contributed by atoms with Crippen LogP contribution in [0.15, 0.2) is 117 Å². The van der Waals surface area contributed by atoms with Crippen LogP contribution in [0.1, 0.15) is 91.7 Å². The topological polar surface area (TPSA) is 236 Å². The summed E-state index contributed by atoms with van der Waals surface area (Å²) in [5.41, 5.74) is 1.97. The lowest BCUT2D eigenvalue weighted by molar-refractivity contribution is -0.437. The number of carboxylic acids is 1. The minimum atomic E-state index is -4.96. The molecule has 1 amide bonds. The average Bonchev–Trinajstić information content (AvgIpc) is 3.60. The first-order valence-corrected chi connectivity index (χ1v) is 26.4. The maximum absolute atomic E-state index is 13.9. The number of nitrogens with one attached hydrogen (secondary N) is 1. The fourth-order valence-electron chi connectivity index (χ4n) is 10.2. The molecule has 4 aromatic rings. The molecule has 2 heterocycles. The van der Waals surface area contributed by atoms with Crippen LogP contribution in [0, 0.1) is 5.41 Å². The SMILES string of the molecule is CCCCN1C(=CC=C2C=C(C=CC3=[N+](CCC)c4ccc5c(S(=O)(=O)O)cc(S(=O)(=O)O)cc5c4C3(C)C)CC(C(=O)O)(C(=O)NCC)C2)C(C)(C)c2c1ccc1ccc(S(=O)(=O)O)cc21. The van der Waals surface area contributed by atoms with Gasteiger partial charge >= 0.3 is 5.97 Å². The van der Waals surface area contributed by atoms with Gasteiger partial charge in [0, 0.05) is 59.4 Å². The fraction of sp³-hybridized carbons (Fsp3) is 0.367. The van der Waals surface area contributed by atoms with Crippen LogP contribution in [-0.4, -0.2) is 85.8 Å². The van der Waals surface area contributed by atoms with E-state index in [4.69, 9.17) is 0 Å². The zero-order valence-electron chi connectivity index (χ0n) is 38.4. The second-order valence-electron chi connectivity index (χ2n) is 18.5. The Kier molecular flexibility index (Phi) is 12.9. The van der Waals surface area contributed by atoms with Crippen LogP contribution in [0.2, 0.25) is 0 Å². The molecule has 0 saturated heterocycles. The quantitative estimate of drug-likeness (QED) is 0.0454. The highest BCUT2D eigenvalue weighted by Crippen LogP contribution is 2.52. The molecule has 0 saturated carbocycles. The molecule has 18 heteroatoms. The van der Waals surface area contributed by atoms with Crippen molar-refractivity contribution in [1.82, 2.24) is 5.32 Å². The fourth-order valence-corrected chi connectivity index (χ4v) is 12.0. The van der Waals surface area contributed by atoms with Gasteiger partial charge in [-0.1, -0.05) is 64.5 Å². The first-order valence-electron chi connectivity index (χ1n) is 22.1. The van der Waals surface area contributed by atoms with E-state index in [9.17, 15) is 53.6 Å².